The zero-order valence-corrected chi connectivity index (χ0v) is 13.7. The molecule has 1 unspecified atom stereocenters. The summed E-state index contributed by atoms with van der Waals surface area (Å²) in [7, 11) is 1.77. The number of rotatable bonds is 2. The summed E-state index contributed by atoms with van der Waals surface area (Å²) in [5, 5.41) is 10.2. The second-order valence-electron chi connectivity index (χ2n) is 4.20. The Morgan fingerprint density at radius 2 is 2.32 bits per heavy atom. The molecule has 1 atom stereocenters. The predicted molar refractivity (Wildman–Crippen MR) is 84.4 cm³/mol. The Morgan fingerprint density at radius 3 is 2.95 bits per heavy atom. The van der Waals surface area contributed by atoms with Crippen LogP contribution in [0.2, 0.25) is 0 Å². The van der Waals surface area contributed by atoms with Crippen LogP contribution in [-0.4, -0.2) is 22.7 Å². The van der Waals surface area contributed by atoms with Crippen molar-refractivity contribution in [2.45, 2.75) is 6.04 Å². The van der Waals surface area contributed by atoms with E-state index in [1.807, 2.05) is 18.3 Å². The number of hydrogen-bond acceptors (Lipinski definition) is 3. The molecule has 2 N–H and O–H groups in total. The molecule has 0 bridgehead atoms. The second kappa shape index (κ2) is 4.88. The highest BCUT2D eigenvalue weighted by molar-refractivity contribution is 14.1. The number of anilines is 1. The molecule has 1 amide bonds. The molecule has 0 spiro atoms. The van der Waals surface area contributed by atoms with Gasteiger partial charge in [0.25, 0.3) is 0 Å². The predicted octanol–water partition coefficient (Wildman–Crippen LogP) is 2.45. The van der Waals surface area contributed by atoms with Crippen molar-refractivity contribution >= 4 is 50.1 Å². The number of halogens is 2. The topological polar surface area (TPSA) is 59.0 Å². The van der Waals surface area contributed by atoms with Crippen LogP contribution in [0.4, 0.5) is 5.69 Å². The first kappa shape index (κ1) is 13.1. The number of likely N-dealkylation sites (N-methyl/N-ethyl adjacent to an activating group) is 1. The van der Waals surface area contributed by atoms with E-state index < -0.39 is 0 Å². The monoisotopic (exact) mass is 432 g/mol. The molecule has 0 fully saturated rings. The van der Waals surface area contributed by atoms with E-state index in [4.69, 9.17) is 0 Å². The molecule has 0 aliphatic carbocycles. The van der Waals surface area contributed by atoms with Crippen molar-refractivity contribution in [2.75, 3.05) is 12.4 Å². The lowest BCUT2D eigenvalue weighted by Crippen LogP contribution is -2.23. The van der Waals surface area contributed by atoms with Gasteiger partial charge in [0.1, 0.15) is 6.04 Å². The second-order valence-corrected chi connectivity index (χ2v) is 6.30. The molecule has 0 saturated heterocycles. The van der Waals surface area contributed by atoms with E-state index in [0.29, 0.717) is 0 Å². The largest absolute Gasteiger partial charge is 0.324 e. The lowest BCUT2D eigenvalue weighted by molar-refractivity contribution is -0.117. The van der Waals surface area contributed by atoms with Crippen molar-refractivity contribution in [1.82, 2.24) is 15.1 Å². The maximum absolute atomic E-state index is 11.8. The summed E-state index contributed by atoms with van der Waals surface area (Å²) in [6, 6.07) is 3.59. The fourth-order valence-corrected chi connectivity index (χ4v) is 3.10. The highest BCUT2D eigenvalue weighted by Crippen LogP contribution is 2.36. The molecule has 0 radical (unpaired) electrons. The van der Waals surface area contributed by atoms with Gasteiger partial charge in [0.15, 0.2) is 0 Å². The number of carbonyl (C=O) groups excluding carboxylic acids is 1. The molecule has 1 aromatic carbocycles. The summed E-state index contributed by atoms with van der Waals surface area (Å²) in [6.45, 7) is 0. The van der Waals surface area contributed by atoms with Gasteiger partial charge in [0.05, 0.1) is 15.5 Å². The molecule has 1 aliphatic heterocycles. The highest BCUT2D eigenvalue weighted by atomic mass is 127. The molecular weight excluding hydrogens is 423 g/mol. The van der Waals surface area contributed by atoms with Crippen LogP contribution in [0.25, 0.3) is 5.69 Å². The van der Waals surface area contributed by atoms with Crippen molar-refractivity contribution in [1.29, 1.82) is 0 Å². The minimum absolute atomic E-state index is 0.0309. The van der Waals surface area contributed by atoms with Crippen LogP contribution in [0, 0.1) is 3.57 Å². The SMILES string of the molecule is CNC1C(=O)Nc2cc(-n3cc(I)cn3)c(Br)cc21. The molecule has 7 heteroatoms. The van der Waals surface area contributed by atoms with E-state index in [-0.39, 0.29) is 11.9 Å². The molecule has 0 saturated carbocycles. The van der Waals surface area contributed by atoms with E-state index in [1.54, 1.807) is 17.9 Å². The van der Waals surface area contributed by atoms with Crippen LogP contribution >= 0.6 is 38.5 Å². The van der Waals surface area contributed by atoms with Gasteiger partial charge in [-0.1, -0.05) is 0 Å². The first-order valence-electron chi connectivity index (χ1n) is 5.62. The molecule has 1 aromatic heterocycles. The third-order valence-corrected chi connectivity index (χ3v) is 4.23. The van der Waals surface area contributed by atoms with Gasteiger partial charge in [-0.25, -0.2) is 4.68 Å². The van der Waals surface area contributed by atoms with Crippen molar-refractivity contribution in [2.24, 2.45) is 0 Å². The van der Waals surface area contributed by atoms with Gasteiger partial charge in [-0.15, -0.1) is 0 Å². The molecule has 2 heterocycles. The third-order valence-electron chi connectivity index (χ3n) is 3.04. The van der Waals surface area contributed by atoms with Crippen LogP contribution in [0.1, 0.15) is 11.6 Å². The van der Waals surface area contributed by atoms with Crippen LogP contribution in [0.3, 0.4) is 0 Å². The number of hydrogen-bond donors (Lipinski definition) is 2. The Morgan fingerprint density at radius 1 is 1.53 bits per heavy atom. The lowest BCUT2D eigenvalue weighted by Gasteiger charge is -2.10. The fraction of sp³-hybridized carbons (Fsp3) is 0.167. The minimum Gasteiger partial charge on any atom is -0.324 e. The fourth-order valence-electron chi connectivity index (χ4n) is 2.17. The number of nitrogens with zero attached hydrogens (tertiary/aromatic N) is 2. The highest BCUT2D eigenvalue weighted by Gasteiger charge is 2.30. The summed E-state index contributed by atoms with van der Waals surface area (Å²) in [5.41, 5.74) is 2.68. The van der Waals surface area contributed by atoms with Crippen LogP contribution in [0.15, 0.2) is 29.0 Å². The number of amides is 1. The Kier molecular flexibility index (Phi) is 3.35. The first-order chi connectivity index (χ1) is 9.10. The van der Waals surface area contributed by atoms with Gasteiger partial charge in [-0.05, 0) is 57.7 Å². The zero-order chi connectivity index (χ0) is 13.6. The molecule has 98 valence electrons. The van der Waals surface area contributed by atoms with Crippen molar-refractivity contribution in [3.63, 3.8) is 0 Å². The van der Waals surface area contributed by atoms with Crippen LogP contribution in [0.5, 0.6) is 0 Å². The summed E-state index contributed by atoms with van der Waals surface area (Å²) in [6.07, 6.45) is 3.72. The minimum atomic E-state index is -0.293. The van der Waals surface area contributed by atoms with Crippen molar-refractivity contribution in [3.8, 4) is 5.69 Å². The molecule has 3 rings (SSSR count). The van der Waals surface area contributed by atoms with E-state index in [9.17, 15) is 4.79 Å². The van der Waals surface area contributed by atoms with E-state index in [1.165, 1.54) is 0 Å². The van der Waals surface area contributed by atoms with Crippen molar-refractivity contribution in [3.05, 3.63) is 38.1 Å². The summed E-state index contributed by atoms with van der Waals surface area (Å²) in [4.78, 5) is 11.8. The zero-order valence-electron chi connectivity index (χ0n) is 9.95. The van der Waals surface area contributed by atoms with Gasteiger partial charge in [-0.3, -0.25) is 4.79 Å². The quantitative estimate of drug-likeness (QED) is 0.716. The molecule has 1 aliphatic rings. The molecule has 5 nitrogen and oxygen atoms in total. The molecule has 19 heavy (non-hydrogen) atoms. The smallest absolute Gasteiger partial charge is 0.246 e. The first-order valence-corrected chi connectivity index (χ1v) is 7.49. The standard InChI is InChI=1S/C12H10BrIN4O/c1-15-11-7-2-8(13)10(3-9(7)17-12(11)19)18-5-6(14)4-16-18/h2-5,11,15H,1H3,(H,17,19). The van der Waals surface area contributed by atoms with Gasteiger partial charge >= 0.3 is 0 Å². The Hall–Kier alpha value is -0.930. The van der Waals surface area contributed by atoms with Gasteiger partial charge < -0.3 is 10.6 Å². The number of carbonyl (C=O) groups is 1. The number of benzene rings is 1. The summed E-state index contributed by atoms with van der Waals surface area (Å²) < 4.78 is 3.75. The third kappa shape index (κ3) is 2.19. The van der Waals surface area contributed by atoms with E-state index in [2.05, 4.69) is 54.3 Å². The normalized spacial score (nSPS) is 17.4. The Bertz CT molecular complexity index is 670. The van der Waals surface area contributed by atoms with Crippen molar-refractivity contribution < 1.29 is 4.79 Å². The Balaban J connectivity index is 2.12. The van der Waals surface area contributed by atoms with E-state index >= 15 is 0 Å². The number of nitrogens with one attached hydrogen (secondary N) is 2. The number of aromatic nitrogens is 2. The summed E-state index contributed by atoms with van der Waals surface area (Å²) >= 11 is 5.75. The van der Waals surface area contributed by atoms with Gasteiger partial charge in [0, 0.05) is 21.9 Å². The van der Waals surface area contributed by atoms with Crippen LogP contribution in [-0.2, 0) is 4.79 Å². The average Bonchev–Trinajstić information content (AvgIpc) is 2.91. The summed E-state index contributed by atoms with van der Waals surface area (Å²) in [5.74, 6) is -0.0309. The maximum Gasteiger partial charge on any atom is 0.246 e. The van der Waals surface area contributed by atoms with Gasteiger partial charge in [-0.2, -0.15) is 5.10 Å². The van der Waals surface area contributed by atoms with Gasteiger partial charge in [0.2, 0.25) is 5.91 Å². The van der Waals surface area contributed by atoms with Crippen LogP contribution < -0.4 is 10.6 Å². The molecular formula is C12H10BrIN4O. The average molecular weight is 433 g/mol. The van der Waals surface area contributed by atoms with E-state index in [0.717, 1.165) is 25.0 Å². The maximum atomic E-state index is 11.8. The Labute approximate surface area is 132 Å². The molecule has 2 aromatic rings. The number of fused-ring (bicyclic) bond motifs is 1. The lowest BCUT2D eigenvalue weighted by atomic mass is 10.1.